The third kappa shape index (κ3) is 7.43. The van der Waals surface area contributed by atoms with Crippen molar-refractivity contribution in [2.24, 2.45) is 0 Å². The summed E-state index contributed by atoms with van der Waals surface area (Å²) in [6.45, 7) is 9.20. The molecule has 9 rings (SSSR count). The van der Waals surface area contributed by atoms with Crippen molar-refractivity contribution in [1.82, 2.24) is 20.4 Å². The summed E-state index contributed by atoms with van der Waals surface area (Å²) >= 11 is 0. The summed E-state index contributed by atoms with van der Waals surface area (Å²) in [6.07, 6.45) is 12.7. The van der Waals surface area contributed by atoms with Gasteiger partial charge in [-0.2, -0.15) is 0 Å². The molecule has 0 aromatic heterocycles. The normalized spacial score (nSPS) is 26.8. The molecule has 1 saturated heterocycles. The van der Waals surface area contributed by atoms with Crippen LogP contribution in [-0.2, 0) is 13.1 Å². The van der Waals surface area contributed by atoms with Crippen LogP contribution in [0.3, 0.4) is 0 Å². The highest BCUT2D eigenvalue weighted by Gasteiger charge is 2.35. The minimum atomic E-state index is 0.458. The molecule has 4 heteroatoms. The van der Waals surface area contributed by atoms with Crippen LogP contribution < -0.4 is 10.6 Å². The minimum absolute atomic E-state index is 0.458. The maximum Gasteiger partial charge on any atom is 0.0252 e. The molecule has 2 N–H and O–H groups in total. The zero-order chi connectivity index (χ0) is 36.4. The average Bonchev–Trinajstić information content (AvgIpc) is 3.20. The molecule has 2 saturated carbocycles. The second-order valence-electron chi connectivity index (χ2n) is 17.2. The van der Waals surface area contributed by atoms with Gasteiger partial charge in [-0.3, -0.25) is 9.80 Å². The molecule has 2 aliphatic carbocycles. The first-order valence-corrected chi connectivity index (χ1v) is 21.4. The summed E-state index contributed by atoms with van der Waals surface area (Å²) in [7, 11) is 0. The zero-order valence-electron chi connectivity index (χ0n) is 32.7. The maximum absolute atomic E-state index is 4.31. The van der Waals surface area contributed by atoms with Crippen molar-refractivity contribution in [3.63, 3.8) is 0 Å². The van der Waals surface area contributed by atoms with E-state index in [4.69, 9.17) is 0 Å². The van der Waals surface area contributed by atoms with Gasteiger partial charge in [0.15, 0.2) is 0 Å². The quantitative estimate of drug-likeness (QED) is 0.178. The molecule has 1 heterocycles. The lowest BCUT2D eigenvalue weighted by atomic mass is 9.86. The highest BCUT2D eigenvalue weighted by molar-refractivity contribution is 6.03. The van der Waals surface area contributed by atoms with Crippen LogP contribution in [0.2, 0.25) is 0 Å². The molecule has 280 valence electrons. The molecule has 3 aliphatic rings. The number of fused-ring (bicyclic) bond motifs is 6. The van der Waals surface area contributed by atoms with E-state index in [1.807, 2.05) is 0 Å². The summed E-state index contributed by atoms with van der Waals surface area (Å²) in [4.78, 5) is 5.83. The smallest absolute Gasteiger partial charge is 0.0252 e. The van der Waals surface area contributed by atoms with Crippen LogP contribution in [-0.4, -0.2) is 59.1 Å². The monoisotopic (exact) mass is 716 g/mol. The van der Waals surface area contributed by atoms with Crippen LogP contribution in [0.25, 0.3) is 43.1 Å². The third-order valence-electron chi connectivity index (χ3n) is 13.6. The Hall–Kier alpha value is -3.80. The minimum Gasteiger partial charge on any atom is -0.310 e. The highest BCUT2D eigenvalue weighted by atomic mass is 15.2. The van der Waals surface area contributed by atoms with E-state index in [1.54, 1.807) is 0 Å². The Morgan fingerprint density at radius 1 is 0.444 bits per heavy atom. The molecular weight excluding hydrogens is 657 g/mol. The number of hydrogen-bond acceptors (Lipinski definition) is 4. The van der Waals surface area contributed by atoms with E-state index in [1.165, 1.54) is 118 Å². The molecule has 6 atom stereocenters. The summed E-state index contributed by atoms with van der Waals surface area (Å²) in [5.41, 5.74) is 3.01. The van der Waals surface area contributed by atoms with Crippen molar-refractivity contribution in [2.45, 2.75) is 127 Å². The molecule has 1 aliphatic heterocycles. The van der Waals surface area contributed by atoms with Crippen molar-refractivity contribution in [2.75, 3.05) is 13.1 Å². The van der Waals surface area contributed by atoms with E-state index in [0.717, 1.165) is 26.2 Å². The van der Waals surface area contributed by atoms with Gasteiger partial charge < -0.3 is 10.6 Å². The Morgan fingerprint density at radius 3 is 1.15 bits per heavy atom. The van der Waals surface area contributed by atoms with Gasteiger partial charge in [-0.05, 0) is 119 Å². The van der Waals surface area contributed by atoms with E-state index in [9.17, 15) is 0 Å². The van der Waals surface area contributed by atoms with Gasteiger partial charge in [-0.15, -0.1) is 0 Å². The Balaban J connectivity index is 1.05. The summed E-state index contributed by atoms with van der Waals surface area (Å²) < 4.78 is 0. The standard InChI is InChI=1S/C50H60N4/c1-35-27-29-53(33-45-41-19-7-3-15-37(41)31-38-16-4-8-20-42(38)45)50-26-14-12-24-48(50)52-36(2)28-30-54(49-25-13-11-23-47(49)51-35)34-46-43-21-9-5-17-39(43)32-40-18-6-10-22-44(40)46/h3-10,15-22,31-32,35-36,47-52H,11-14,23-30,33-34H2,1-2H3. The number of rotatable bonds is 4. The van der Waals surface area contributed by atoms with Crippen LogP contribution >= 0.6 is 0 Å². The molecule has 54 heavy (non-hydrogen) atoms. The second kappa shape index (κ2) is 16.1. The third-order valence-corrected chi connectivity index (χ3v) is 13.6. The van der Waals surface area contributed by atoms with Crippen molar-refractivity contribution in [1.29, 1.82) is 0 Å². The van der Waals surface area contributed by atoms with Gasteiger partial charge in [-0.25, -0.2) is 0 Å². The molecule has 0 amide bonds. The van der Waals surface area contributed by atoms with E-state index < -0.39 is 0 Å². The zero-order valence-corrected chi connectivity index (χ0v) is 32.7. The highest BCUT2D eigenvalue weighted by Crippen LogP contribution is 2.35. The fourth-order valence-electron chi connectivity index (χ4n) is 10.8. The average molecular weight is 717 g/mol. The molecule has 4 nitrogen and oxygen atoms in total. The Morgan fingerprint density at radius 2 is 0.778 bits per heavy atom. The Bertz CT molecular complexity index is 1940. The molecule has 0 spiro atoms. The van der Waals surface area contributed by atoms with Gasteiger partial charge in [0, 0.05) is 62.4 Å². The first-order chi connectivity index (χ1) is 26.6. The van der Waals surface area contributed by atoms with Gasteiger partial charge in [0.05, 0.1) is 0 Å². The van der Waals surface area contributed by atoms with Crippen molar-refractivity contribution in [3.05, 3.63) is 120 Å². The lowest BCUT2D eigenvalue weighted by molar-refractivity contribution is 0.0817. The van der Waals surface area contributed by atoms with Crippen LogP contribution in [0.4, 0.5) is 0 Å². The molecule has 6 aromatic carbocycles. The lowest BCUT2D eigenvalue weighted by Crippen LogP contribution is -2.57. The van der Waals surface area contributed by atoms with Gasteiger partial charge in [-0.1, -0.05) is 123 Å². The number of hydrogen-bond donors (Lipinski definition) is 2. The van der Waals surface area contributed by atoms with E-state index in [2.05, 4.69) is 143 Å². The van der Waals surface area contributed by atoms with Crippen molar-refractivity contribution >= 4 is 43.1 Å². The van der Waals surface area contributed by atoms with Crippen LogP contribution in [0.5, 0.6) is 0 Å². The van der Waals surface area contributed by atoms with Crippen molar-refractivity contribution < 1.29 is 0 Å². The summed E-state index contributed by atoms with van der Waals surface area (Å²) in [5.74, 6) is 0. The first kappa shape index (κ1) is 35.9. The van der Waals surface area contributed by atoms with Crippen LogP contribution in [0, 0.1) is 0 Å². The molecular formula is C50H60N4. The molecule has 6 aromatic rings. The lowest BCUT2D eigenvalue weighted by Gasteiger charge is -2.45. The van der Waals surface area contributed by atoms with Gasteiger partial charge >= 0.3 is 0 Å². The molecule has 3 fully saturated rings. The molecule has 0 bridgehead atoms. The van der Waals surface area contributed by atoms with Crippen molar-refractivity contribution in [3.8, 4) is 0 Å². The fourth-order valence-corrected chi connectivity index (χ4v) is 10.8. The summed E-state index contributed by atoms with van der Waals surface area (Å²) in [6, 6.07) is 44.2. The molecule has 0 radical (unpaired) electrons. The topological polar surface area (TPSA) is 30.5 Å². The van der Waals surface area contributed by atoms with E-state index in [0.29, 0.717) is 36.3 Å². The van der Waals surface area contributed by atoms with Crippen LogP contribution in [0.15, 0.2) is 109 Å². The fraction of sp³-hybridized carbons (Fsp3) is 0.440. The Labute approximate surface area is 323 Å². The molecule has 6 unspecified atom stereocenters. The van der Waals surface area contributed by atoms with Crippen LogP contribution in [0.1, 0.15) is 89.2 Å². The van der Waals surface area contributed by atoms with Gasteiger partial charge in [0.25, 0.3) is 0 Å². The predicted molar refractivity (Wildman–Crippen MR) is 230 cm³/mol. The van der Waals surface area contributed by atoms with Gasteiger partial charge in [0.1, 0.15) is 0 Å². The SMILES string of the molecule is CC1CCN(Cc2c3ccccc3cc3ccccc23)C2CCCCC2NC(C)CCN(Cc2c3ccccc3cc3ccccc23)C2CCCCC2N1. The summed E-state index contributed by atoms with van der Waals surface area (Å²) in [5, 5.41) is 19.7. The number of benzene rings is 6. The van der Waals surface area contributed by atoms with E-state index >= 15 is 0 Å². The number of nitrogens with zero attached hydrogens (tertiary/aromatic N) is 2. The predicted octanol–water partition coefficient (Wildman–Crippen LogP) is 11.0. The van der Waals surface area contributed by atoms with Gasteiger partial charge in [0.2, 0.25) is 0 Å². The second-order valence-corrected chi connectivity index (χ2v) is 17.2. The number of nitrogens with one attached hydrogen (secondary N) is 2. The Kier molecular flexibility index (Phi) is 10.7. The largest absolute Gasteiger partial charge is 0.310 e. The maximum atomic E-state index is 4.31. The van der Waals surface area contributed by atoms with E-state index in [-0.39, 0.29) is 0 Å². The first-order valence-electron chi connectivity index (χ1n) is 21.4.